The molecule has 9 N–H and O–H groups in total. The Morgan fingerprint density at radius 3 is 1.86 bits per heavy atom. The molecular weight excluding hydrogens is 901 g/mol. The van der Waals surface area contributed by atoms with E-state index in [0.717, 1.165) is 17.5 Å². The quantitative estimate of drug-likeness (QED) is 0.0391. The van der Waals surface area contributed by atoms with Crippen molar-refractivity contribution in [2.75, 3.05) is 23.7 Å². The average Bonchev–Trinajstić information content (AvgIpc) is 4.08. The highest BCUT2D eigenvalue weighted by Crippen LogP contribution is 2.26. The summed E-state index contributed by atoms with van der Waals surface area (Å²) in [5, 5.41) is 29.3. The first-order chi connectivity index (χ1) is 33.7. The third kappa shape index (κ3) is 11.9. The maximum atomic E-state index is 14.3. The third-order valence-corrected chi connectivity index (χ3v) is 11.6. The number of aromatic nitrogens is 8. The molecule has 0 aliphatic carbocycles. The van der Waals surface area contributed by atoms with Crippen LogP contribution in [0.25, 0.3) is 22.1 Å². The Morgan fingerprint density at radius 2 is 1.27 bits per heavy atom. The second-order valence-corrected chi connectivity index (χ2v) is 16.6. The number of nitrogens with zero attached hydrogens (tertiary/aromatic N) is 8. The summed E-state index contributed by atoms with van der Waals surface area (Å²) < 4.78 is 12.2. The van der Waals surface area contributed by atoms with Gasteiger partial charge < -0.3 is 41.1 Å². The van der Waals surface area contributed by atoms with Gasteiger partial charge in [0.1, 0.15) is 18.0 Å². The number of alkyl carbamates (subject to hydrolysis) is 1. The number of nitrogens with one attached hydrogen (secondary N) is 4. The van der Waals surface area contributed by atoms with Crippen molar-refractivity contribution in [1.29, 1.82) is 0 Å². The molecule has 4 aromatic heterocycles. The van der Waals surface area contributed by atoms with Gasteiger partial charge in [-0.3, -0.25) is 39.2 Å². The number of anilines is 2. The largest absolute Gasteiger partial charge is 0.465 e. The van der Waals surface area contributed by atoms with Gasteiger partial charge in [-0.2, -0.15) is 10.2 Å². The fourth-order valence-corrected chi connectivity index (χ4v) is 8.21. The van der Waals surface area contributed by atoms with Crippen molar-refractivity contribution in [3.8, 4) is 0 Å². The highest BCUT2D eigenvalue weighted by atomic mass is 16.5. The molecule has 0 aliphatic heterocycles. The van der Waals surface area contributed by atoms with E-state index in [2.05, 4.69) is 36.4 Å². The number of ether oxygens (including phenoxy) is 1. The minimum Gasteiger partial charge on any atom is -0.465 e. The van der Waals surface area contributed by atoms with Gasteiger partial charge in [0.2, 0.25) is 23.7 Å². The van der Waals surface area contributed by atoms with Crippen LogP contribution in [-0.4, -0.2) is 92.7 Å². The maximum absolute atomic E-state index is 14.3. The van der Waals surface area contributed by atoms with Crippen LogP contribution >= 0.6 is 0 Å². The van der Waals surface area contributed by atoms with Gasteiger partial charge in [0.25, 0.3) is 11.8 Å². The molecule has 0 spiro atoms. The molecule has 3 aromatic carbocycles. The lowest BCUT2D eigenvalue weighted by atomic mass is 10.0. The van der Waals surface area contributed by atoms with Crippen LogP contribution in [0.5, 0.6) is 0 Å². The number of hydrogen-bond acceptors (Lipinski definition) is 11. The number of carbonyl (C=O) groups excluding carboxylic acids is 5. The van der Waals surface area contributed by atoms with E-state index in [1.165, 1.54) is 6.07 Å². The molecule has 70 heavy (non-hydrogen) atoms. The molecule has 22 heteroatoms. The Balaban J connectivity index is 0.991. The molecule has 0 saturated heterocycles. The summed E-state index contributed by atoms with van der Waals surface area (Å²) in [5.41, 5.74) is 17.5. The highest BCUT2D eigenvalue weighted by molar-refractivity contribution is 6.05. The number of rotatable bonds is 23. The van der Waals surface area contributed by atoms with Gasteiger partial charge in [-0.05, 0) is 101 Å². The lowest BCUT2D eigenvalue weighted by molar-refractivity contribution is 0.0992. The van der Waals surface area contributed by atoms with E-state index in [4.69, 9.17) is 26.3 Å². The predicted octanol–water partition coefficient (Wildman–Crippen LogP) is 5.51. The van der Waals surface area contributed by atoms with E-state index in [0.29, 0.717) is 103 Å². The maximum Gasteiger partial charge on any atom is 0.407 e. The summed E-state index contributed by atoms with van der Waals surface area (Å²) in [7, 11) is 0. The molecule has 7 rings (SSSR count). The summed E-state index contributed by atoms with van der Waals surface area (Å²) in [5.74, 6) is -1.64. The Hall–Kier alpha value is -8.56. The summed E-state index contributed by atoms with van der Waals surface area (Å²) >= 11 is 0. The smallest absolute Gasteiger partial charge is 0.407 e. The molecule has 0 aliphatic rings. The topological polar surface area (TPSA) is 303 Å². The number of benzene rings is 3. The summed E-state index contributed by atoms with van der Waals surface area (Å²) in [4.78, 5) is 84.8. The van der Waals surface area contributed by atoms with E-state index < -0.39 is 35.8 Å². The Bertz CT molecular complexity index is 3060. The molecule has 4 heterocycles. The zero-order chi connectivity index (χ0) is 49.9. The molecule has 366 valence electrons. The first-order valence-corrected chi connectivity index (χ1v) is 23.0. The normalized spacial score (nSPS) is 11.2. The van der Waals surface area contributed by atoms with Crippen LogP contribution < -0.4 is 32.7 Å². The van der Waals surface area contributed by atoms with E-state index >= 15 is 0 Å². The van der Waals surface area contributed by atoms with Gasteiger partial charge in [0, 0.05) is 56.0 Å². The summed E-state index contributed by atoms with van der Waals surface area (Å²) in [6, 6.07) is 20.7. The molecule has 6 amide bonds. The molecule has 0 atom stereocenters. The standard InChI is InChI=1S/C48H56N14O8/c1-4-61-40(44(66)56-46-54-36-27-33(42(50)64)17-19-38(36)60(46)23-12-21-52-48(69)70-28-31-13-7-5-8-14-31)34(30(3)58-61)15-9-6-10-24-62-39(25-29(2)57-62)43(65)55-45-53-35-26-32(41(49)63)16-18-37(35)59(45)22-11-20-51-47(67)68/h5,7-8,13-14,16-19,25-27,51H,4,6,9-12,15,20-24,28H2,1-3H3,(H2,49,63)(H2,50,64)(H,52,69)(H,67,68)(H,53,55,65)(H,54,56,66). The van der Waals surface area contributed by atoms with E-state index in [1.807, 2.05) is 48.7 Å². The fraction of sp³-hybridized carbons (Fsp3) is 0.333. The lowest BCUT2D eigenvalue weighted by Gasteiger charge is -2.13. The SMILES string of the molecule is CCn1nc(C)c(CCCCCn2nc(C)cc2C(=O)Nc2nc3cc(C(N)=O)ccc3n2CCCNC(=O)O)c1C(=O)Nc1nc2cc(C(N)=O)ccc2n1CCCNC(=O)OCc1ccccc1. The Kier molecular flexibility index (Phi) is 15.9. The van der Waals surface area contributed by atoms with E-state index in [9.17, 15) is 28.8 Å². The van der Waals surface area contributed by atoms with Crippen molar-refractivity contribution < 1.29 is 38.6 Å². The number of nitrogens with two attached hydrogens (primary N) is 2. The average molecular weight is 957 g/mol. The van der Waals surface area contributed by atoms with Crippen molar-refractivity contribution in [1.82, 2.24) is 49.3 Å². The molecular formula is C48H56N14O8. The van der Waals surface area contributed by atoms with Gasteiger partial charge in [0.15, 0.2) is 0 Å². The number of hydrogen-bond donors (Lipinski definition) is 7. The molecule has 0 fully saturated rings. The number of imidazole rings is 2. The van der Waals surface area contributed by atoms with Gasteiger partial charge in [-0.25, -0.2) is 19.6 Å². The molecule has 0 unspecified atom stereocenters. The zero-order valence-corrected chi connectivity index (χ0v) is 39.2. The van der Waals surface area contributed by atoms with Gasteiger partial charge >= 0.3 is 12.2 Å². The fourth-order valence-electron chi connectivity index (χ4n) is 8.21. The first kappa shape index (κ1) is 49.3. The third-order valence-electron chi connectivity index (χ3n) is 11.6. The van der Waals surface area contributed by atoms with Gasteiger partial charge in [0.05, 0.1) is 33.5 Å². The number of fused-ring (bicyclic) bond motifs is 2. The summed E-state index contributed by atoms with van der Waals surface area (Å²) in [6.45, 7) is 7.68. The van der Waals surface area contributed by atoms with Crippen LogP contribution in [0.4, 0.5) is 21.5 Å². The number of unbranched alkanes of at least 4 members (excludes halogenated alkanes) is 2. The minimum atomic E-state index is -1.15. The van der Waals surface area contributed by atoms with Crippen LogP contribution in [-0.2, 0) is 43.9 Å². The molecule has 22 nitrogen and oxygen atoms in total. The second kappa shape index (κ2) is 22.5. The molecule has 0 radical (unpaired) electrons. The monoisotopic (exact) mass is 956 g/mol. The number of carboxylic acid groups (broad SMARTS) is 1. The van der Waals surface area contributed by atoms with Crippen molar-refractivity contribution in [2.45, 2.75) is 92.1 Å². The highest BCUT2D eigenvalue weighted by Gasteiger charge is 2.24. The van der Waals surface area contributed by atoms with Crippen molar-refractivity contribution in [3.05, 3.63) is 118 Å². The Labute approximate surface area is 401 Å². The van der Waals surface area contributed by atoms with Crippen LogP contribution in [0.15, 0.2) is 72.8 Å². The Morgan fingerprint density at radius 1 is 0.671 bits per heavy atom. The van der Waals surface area contributed by atoms with Crippen molar-refractivity contribution >= 4 is 69.8 Å². The second-order valence-electron chi connectivity index (χ2n) is 16.6. The summed E-state index contributed by atoms with van der Waals surface area (Å²) in [6.07, 6.45) is 1.79. The predicted molar refractivity (Wildman–Crippen MR) is 259 cm³/mol. The zero-order valence-electron chi connectivity index (χ0n) is 39.2. The van der Waals surface area contributed by atoms with E-state index in [-0.39, 0.29) is 42.7 Å². The van der Waals surface area contributed by atoms with Crippen molar-refractivity contribution in [2.24, 2.45) is 11.5 Å². The van der Waals surface area contributed by atoms with E-state index in [1.54, 1.807) is 57.3 Å². The molecule has 7 aromatic rings. The number of aryl methyl sites for hydroxylation is 6. The first-order valence-electron chi connectivity index (χ1n) is 23.0. The van der Waals surface area contributed by atoms with Crippen LogP contribution in [0.3, 0.4) is 0 Å². The van der Waals surface area contributed by atoms with Crippen LogP contribution in [0, 0.1) is 13.8 Å². The number of primary amides is 2. The van der Waals surface area contributed by atoms with Gasteiger partial charge in [-0.15, -0.1) is 0 Å². The lowest BCUT2D eigenvalue weighted by Crippen LogP contribution is -2.26. The van der Waals surface area contributed by atoms with Crippen molar-refractivity contribution in [3.63, 3.8) is 0 Å². The molecule has 0 bridgehead atoms. The van der Waals surface area contributed by atoms with Crippen LogP contribution in [0.1, 0.15) is 103 Å². The molecule has 0 saturated carbocycles. The number of carbonyl (C=O) groups is 6. The minimum absolute atomic E-state index is 0.137. The van der Waals surface area contributed by atoms with Gasteiger partial charge in [-0.1, -0.05) is 36.8 Å². The number of amides is 6. The van der Waals surface area contributed by atoms with Crippen LogP contribution in [0.2, 0.25) is 0 Å².